The van der Waals surface area contributed by atoms with Gasteiger partial charge in [0.05, 0.1) is 6.17 Å². The van der Waals surface area contributed by atoms with Crippen molar-refractivity contribution in [3.05, 3.63) is 41.9 Å². The highest BCUT2D eigenvalue weighted by Gasteiger charge is 2.27. The lowest BCUT2D eigenvalue weighted by Crippen LogP contribution is -3.00. The Labute approximate surface area is 125 Å². The fourth-order valence-electron chi connectivity index (χ4n) is 1.85. The van der Waals surface area contributed by atoms with Gasteiger partial charge in [-0.05, 0) is 0 Å². The first-order valence-corrected chi connectivity index (χ1v) is 9.46. The number of benzene rings is 1. The number of nitrogen functional groups attached to an aromatic ring is 1. The second kappa shape index (κ2) is 5.97. The number of aromatic nitrogens is 1. The van der Waals surface area contributed by atoms with Gasteiger partial charge in [-0.15, -0.1) is 0 Å². The number of nitrogens with two attached hydrogens (primary N) is 1. The van der Waals surface area contributed by atoms with Crippen molar-refractivity contribution in [2.75, 3.05) is 5.73 Å². The molecule has 5 heteroatoms. The summed E-state index contributed by atoms with van der Waals surface area (Å²) in [6.45, 7) is 4.76. The van der Waals surface area contributed by atoms with E-state index in [1.807, 2.05) is 5.38 Å². The fraction of sp³-hybridized carbons (Fsp3) is 0.250. The van der Waals surface area contributed by atoms with Crippen LogP contribution in [-0.4, -0.2) is 8.07 Å². The van der Waals surface area contributed by atoms with Crippen LogP contribution in [0.25, 0.3) is 0 Å². The third-order valence-electron chi connectivity index (χ3n) is 2.83. The molecule has 0 amide bonds. The lowest BCUT2D eigenvalue weighted by atomic mass is 10.4. The lowest BCUT2D eigenvalue weighted by Gasteiger charge is -2.20. The molecule has 0 unspecified atom stereocenters. The molecule has 0 saturated carbocycles. The molecule has 17 heavy (non-hydrogen) atoms. The Morgan fingerprint density at radius 1 is 1.24 bits per heavy atom. The van der Waals surface area contributed by atoms with Crippen molar-refractivity contribution in [1.29, 1.82) is 0 Å². The molecule has 0 aliphatic heterocycles. The quantitative estimate of drug-likeness (QED) is 0.406. The van der Waals surface area contributed by atoms with E-state index < -0.39 is 8.07 Å². The molecule has 0 aliphatic rings. The predicted octanol–water partition coefficient (Wildman–Crippen LogP) is -1.22. The minimum Gasteiger partial charge on any atom is -1.00 e. The number of hydrogen-bond acceptors (Lipinski definition) is 2. The number of anilines is 1. The number of nitrogens with zero attached hydrogens (tertiary/aromatic N) is 1. The maximum atomic E-state index is 5.93. The Balaban J connectivity index is 0.00000144. The Bertz CT molecular complexity index is 470. The van der Waals surface area contributed by atoms with Crippen LogP contribution >= 0.6 is 11.3 Å². The molecule has 2 N–H and O–H groups in total. The molecule has 92 valence electrons. The zero-order valence-corrected chi connectivity index (χ0v) is 14.0. The van der Waals surface area contributed by atoms with Crippen LogP contribution < -0.4 is 39.5 Å². The van der Waals surface area contributed by atoms with E-state index in [-0.39, 0.29) is 24.0 Å². The van der Waals surface area contributed by atoms with Crippen molar-refractivity contribution in [3.63, 3.8) is 0 Å². The summed E-state index contributed by atoms with van der Waals surface area (Å²) in [4.78, 5) is 0. The van der Waals surface area contributed by atoms with Gasteiger partial charge in [-0.25, -0.2) is 4.57 Å². The molecule has 2 aromatic rings. The van der Waals surface area contributed by atoms with Crippen molar-refractivity contribution < 1.29 is 28.5 Å². The van der Waals surface area contributed by atoms with Gasteiger partial charge in [-0.1, -0.05) is 59.9 Å². The van der Waals surface area contributed by atoms with Gasteiger partial charge in [0, 0.05) is 5.38 Å². The zero-order chi connectivity index (χ0) is 11.6. The van der Waals surface area contributed by atoms with Crippen LogP contribution in [0.3, 0.4) is 0 Å². The minimum absolute atomic E-state index is 0. The van der Waals surface area contributed by atoms with E-state index in [9.17, 15) is 0 Å². The summed E-state index contributed by atoms with van der Waals surface area (Å²) in [6, 6.07) is 10.8. The standard InChI is InChI=1S/C12H16N2SSi.HI/c1-16(2,11-6-4-3-5-7-11)10-14-8-9-15-12(14)13;/h3-9,13H,10H2,1-2H3;1H. The topological polar surface area (TPSA) is 29.9 Å². The monoisotopic (exact) mass is 376 g/mol. The molecule has 1 aromatic heterocycles. The van der Waals surface area contributed by atoms with Crippen molar-refractivity contribution in [3.8, 4) is 0 Å². The normalized spacial score (nSPS) is 10.9. The minimum atomic E-state index is -1.43. The molecule has 0 spiro atoms. The van der Waals surface area contributed by atoms with Crippen LogP contribution in [0.15, 0.2) is 41.9 Å². The van der Waals surface area contributed by atoms with E-state index >= 15 is 0 Å². The van der Waals surface area contributed by atoms with Gasteiger partial charge in [-0.3, -0.25) is 5.73 Å². The molecule has 0 atom stereocenters. The maximum Gasteiger partial charge on any atom is 0.331 e. The largest absolute Gasteiger partial charge is 1.00 e. The third-order valence-corrected chi connectivity index (χ3v) is 6.59. The number of thiazole rings is 1. The summed E-state index contributed by atoms with van der Waals surface area (Å²) in [5.74, 6) is 0. The van der Waals surface area contributed by atoms with Crippen LogP contribution in [0.2, 0.25) is 13.1 Å². The molecule has 0 fully saturated rings. The second-order valence-corrected chi connectivity index (χ2v) is 10.2. The highest BCUT2D eigenvalue weighted by atomic mass is 127. The van der Waals surface area contributed by atoms with Gasteiger partial charge in [0.25, 0.3) is 0 Å². The van der Waals surface area contributed by atoms with Crippen molar-refractivity contribution in [2.45, 2.75) is 19.3 Å². The van der Waals surface area contributed by atoms with Gasteiger partial charge in [-0.2, -0.15) is 0 Å². The summed E-state index contributed by atoms with van der Waals surface area (Å²) < 4.78 is 2.17. The predicted molar refractivity (Wildman–Crippen MR) is 72.5 cm³/mol. The second-order valence-electron chi connectivity index (χ2n) is 4.62. The van der Waals surface area contributed by atoms with Gasteiger partial charge in [0.2, 0.25) is 0 Å². The summed E-state index contributed by atoms with van der Waals surface area (Å²) in [7, 11) is -1.43. The highest BCUT2D eigenvalue weighted by molar-refractivity contribution is 7.13. The number of rotatable bonds is 3. The first-order chi connectivity index (χ1) is 7.59. The van der Waals surface area contributed by atoms with Crippen molar-refractivity contribution >= 4 is 29.7 Å². The van der Waals surface area contributed by atoms with Crippen molar-refractivity contribution in [1.82, 2.24) is 0 Å². The first kappa shape index (κ1) is 14.7. The summed E-state index contributed by atoms with van der Waals surface area (Å²) in [5, 5.41) is 4.43. The van der Waals surface area contributed by atoms with E-state index in [0.717, 1.165) is 11.3 Å². The van der Waals surface area contributed by atoms with E-state index in [2.05, 4.69) is 54.2 Å². The zero-order valence-electron chi connectivity index (χ0n) is 10.1. The van der Waals surface area contributed by atoms with Crippen LogP contribution in [0.5, 0.6) is 0 Å². The van der Waals surface area contributed by atoms with Crippen LogP contribution in [0.4, 0.5) is 5.13 Å². The molecular weight excluding hydrogens is 359 g/mol. The molecular formula is C12H17IN2SSi. The Kier molecular flexibility index (Phi) is 5.15. The number of halogens is 1. The van der Waals surface area contributed by atoms with Crippen LogP contribution in [-0.2, 0) is 6.17 Å². The molecule has 0 radical (unpaired) electrons. The Morgan fingerprint density at radius 2 is 1.88 bits per heavy atom. The lowest BCUT2D eigenvalue weighted by molar-refractivity contribution is -0.661. The molecule has 0 bridgehead atoms. The summed E-state index contributed by atoms with van der Waals surface area (Å²) in [6.07, 6.45) is 3.13. The Hall–Kier alpha value is -0.403. The first-order valence-electron chi connectivity index (χ1n) is 5.37. The van der Waals surface area contributed by atoms with Crippen molar-refractivity contribution in [2.24, 2.45) is 0 Å². The fourth-order valence-corrected chi connectivity index (χ4v) is 4.98. The molecule has 2 nitrogen and oxygen atoms in total. The molecule has 0 saturated heterocycles. The number of hydrogen-bond donors (Lipinski definition) is 1. The van der Waals surface area contributed by atoms with Gasteiger partial charge in [0.15, 0.2) is 0 Å². The highest BCUT2D eigenvalue weighted by Crippen LogP contribution is 2.08. The van der Waals surface area contributed by atoms with Gasteiger partial charge >= 0.3 is 5.13 Å². The summed E-state index contributed by atoms with van der Waals surface area (Å²) >= 11 is 1.60. The Morgan fingerprint density at radius 3 is 2.41 bits per heavy atom. The van der Waals surface area contributed by atoms with E-state index in [1.54, 1.807) is 11.3 Å². The molecule has 2 rings (SSSR count). The molecule has 0 aliphatic carbocycles. The van der Waals surface area contributed by atoms with E-state index in [1.165, 1.54) is 5.19 Å². The average molecular weight is 376 g/mol. The third kappa shape index (κ3) is 3.53. The van der Waals surface area contributed by atoms with Crippen LogP contribution in [0.1, 0.15) is 0 Å². The molecule has 1 aromatic carbocycles. The van der Waals surface area contributed by atoms with Gasteiger partial charge in [0.1, 0.15) is 14.3 Å². The summed E-state index contributed by atoms with van der Waals surface area (Å²) in [5.41, 5.74) is 5.93. The SMILES string of the molecule is C[Si](C)(C[n+]1ccsc1N)c1ccccc1.[I-]. The van der Waals surface area contributed by atoms with Crippen LogP contribution in [0, 0.1) is 0 Å². The van der Waals surface area contributed by atoms with E-state index in [0.29, 0.717) is 0 Å². The average Bonchev–Trinajstić information content (AvgIpc) is 2.65. The molecule has 1 heterocycles. The van der Waals surface area contributed by atoms with E-state index in [4.69, 9.17) is 5.73 Å². The smallest absolute Gasteiger partial charge is 0.331 e. The van der Waals surface area contributed by atoms with Gasteiger partial charge < -0.3 is 24.0 Å². The maximum absolute atomic E-state index is 5.93.